The van der Waals surface area contributed by atoms with Crippen LogP contribution in [0.2, 0.25) is 0 Å². The minimum absolute atomic E-state index is 0.500. The van der Waals surface area contributed by atoms with Crippen LogP contribution in [0.15, 0.2) is 0 Å². The zero-order valence-corrected chi connectivity index (χ0v) is 8.90. The molecule has 0 radical (unpaired) electrons. The Kier molecular flexibility index (Phi) is 2.49. The zero-order chi connectivity index (χ0) is 9.26. The largest absolute Gasteiger partial charge is 0.358 e. The van der Waals surface area contributed by atoms with Crippen molar-refractivity contribution in [3.63, 3.8) is 0 Å². The SMILES string of the molecule is CCC(C)Nc1nc(C2CC2)ns1. The van der Waals surface area contributed by atoms with Gasteiger partial charge in [-0.25, -0.2) is 4.98 Å². The lowest BCUT2D eigenvalue weighted by molar-refractivity contribution is 0.761. The van der Waals surface area contributed by atoms with Crippen LogP contribution in [0.4, 0.5) is 5.13 Å². The van der Waals surface area contributed by atoms with Gasteiger partial charge in [-0.05, 0) is 26.2 Å². The van der Waals surface area contributed by atoms with Gasteiger partial charge in [0.05, 0.1) is 0 Å². The Bertz CT molecular complexity index is 280. The first-order chi connectivity index (χ1) is 6.29. The summed E-state index contributed by atoms with van der Waals surface area (Å²) in [4.78, 5) is 4.46. The molecule has 1 atom stereocenters. The van der Waals surface area contributed by atoms with E-state index < -0.39 is 0 Å². The first-order valence-electron chi connectivity index (χ1n) is 4.89. The highest BCUT2D eigenvalue weighted by atomic mass is 32.1. The fourth-order valence-electron chi connectivity index (χ4n) is 1.11. The molecular formula is C9H15N3S. The average Bonchev–Trinajstić information content (AvgIpc) is 2.88. The lowest BCUT2D eigenvalue weighted by Crippen LogP contribution is -2.12. The summed E-state index contributed by atoms with van der Waals surface area (Å²) in [5.41, 5.74) is 0. The van der Waals surface area contributed by atoms with Crippen LogP contribution >= 0.6 is 11.5 Å². The van der Waals surface area contributed by atoms with Gasteiger partial charge in [0.1, 0.15) is 5.82 Å². The molecule has 3 nitrogen and oxygen atoms in total. The van der Waals surface area contributed by atoms with Crippen LogP contribution in [-0.2, 0) is 0 Å². The van der Waals surface area contributed by atoms with Crippen molar-refractivity contribution in [2.75, 3.05) is 5.32 Å². The second-order valence-electron chi connectivity index (χ2n) is 3.69. The molecular weight excluding hydrogens is 182 g/mol. The molecule has 1 aliphatic carbocycles. The van der Waals surface area contributed by atoms with E-state index in [1.165, 1.54) is 24.4 Å². The molecule has 1 heterocycles. The number of rotatable bonds is 4. The molecule has 72 valence electrons. The molecule has 13 heavy (non-hydrogen) atoms. The molecule has 2 rings (SSSR count). The maximum absolute atomic E-state index is 4.46. The molecule has 1 saturated carbocycles. The Hall–Kier alpha value is -0.640. The third kappa shape index (κ3) is 2.18. The van der Waals surface area contributed by atoms with Crippen molar-refractivity contribution in [1.82, 2.24) is 9.36 Å². The first kappa shape index (κ1) is 8.94. The van der Waals surface area contributed by atoms with Crippen molar-refractivity contribution in [2.24, 2.45) is 0 Å². The quantitative estimate of drug-likeness (QED) is 0.806. The Morgan fingerprint density at radius 1 is 1.62 bits per heavy atom. The summed E-state index contributed by atoms with van der Waals surface area (Å²) in [6.45, 7) is 4.33. The van der Waals surface area contributed by atoms with Crippen molar-refractivity contribution in [3.05, 3.63) is 5.82 Å². The molecule has 1 aliphatic rings. The summed E-state index contributed by atoms with van der Waals surface area (Å²) in [5, 5.41) is 4.32. The second kappa shape index (κ2) is 3.62. The van der Waals surface area contributed by atoms with E-state index in [9.17, 15) is 0 Å². The van der Waals surface area contributed by atoms with Gasteiger partial charge in [-0.3, -0.25) is 0 Å². The van der Waals surface area contributed by atoms with Crippen LogP contribution < -0.4 is 5.32 Å². The van der Waals surface area contributed by atoms with Gasteiger partial charge in [0.2, 0.25) is 5.13 Å². The lowest BCUT2D eigenvalue weighted by Gasteiger charge is -2.07. The number of hydrogen-bond donors (Lipinski definition) is 1. The van der Waals surface area contributed by atoms with Crippen LogP contribution in [0.3, 0.4) is 0 Å². The van der Waals surface area contributed by atoms with E-state index in [0.717, 1.165) is 17.4 Å². The number of hydrogen-bond acceptors (Lipinski definition) is 4. The predicted molar refractivity (Wildman–Crippen MR) is 55.3 cm³/mol. The minimum atomic E-state index is 0.500. The standard InChI is InChI=1S/C9H15N3S/c1-3-6(2)10-9-11-8(12-13-9)7-4-5-7/h6-7H,3-5H2,1-2H3,(H,10,11,12). The van der Waals surface area contributed by atoms with Gasteiger partial charge in [-0.2, -0.15) is 4.37 Å². The molecule has 1 N–H and O–H groups in total. The maximum atomic E-state index is 4.46. The van der Waals surface area contributed by atoms with Gasteiger partial charge < -0.3 is 5.32 Å². The minimum Gasteiger partial charge on any atom is -0.358 e. The van der Waals surface area contributed by atoms with Gasteiger partial charge in [0.25, 0.3) is 0 Å². The summed E-state index contributed by atoms with van der Waals surface area (Å²) < 4.78 is 4.33. The predicted octanol–water partition coefficient (Wildman–Crippen LogP) is 2.63. The molecule has 0 spiro atoms. The lowest BCUT2D eigenvalue weighted by atomic mass is 10.3. The second-order valence-corrected chi connectivity index (χ2v) is 4.44. The number of nitrogens with one attached hydrogen (secondary N) is 1. The summed E-state index contributed by atoms with van der Waals surface area (Å²) >= 11 is 1.49. The van der Waals surface area contributed by atoms with E-state index in [4.69, 9.17) is 0 Å². The van der Waals surface area contributed by atoms with Gasteiger partial charge in [-0.1, -0.05) is 6.92 Å². The molecule has 0 saturated heterocycles. The third-order valence-corrected chi connectivity index (χ3v) is 3.03. The molecule has 0 aromatic carbocycles. The first-order valence-corrected chi connectivity index (χ1v) is 5.67. The molecule has 4 heteroatoms. The number of nitrogens with zero attached hydrogens (tertiary/aromatic N) is 2. The zero-order valence-electron chi connectivity index (χ0n) is 8.08. The van der Waals surface area contributed by atoms with Crippen LogP contribution in [0.1, 0.15) is 44.9 Å². The highest BCUT2D eigenvalue weighted by Gasteiger charge is 2.27. The summed E-state index contributed by atoms with van der Waals surface area (Å²) in [6.07, 6.45) is 3.68. The van der Waals surface area contributed by atoms with E-state index in [2.05, 4.69) is 28.5 Å². The van der Waals surface area contributed by atoms with Crippen molar-refractivity contribution in [2.45, 2.75) is 45.1 Å². The molecule has 1 aromatic heterocycles. The Morgan fingerprint density at radius 3 is 3.00 bits per heavy atom. The Morgan fingerprint density at radius 2 is 2.38 bits per heavy atom. The smallest absolute Gasteiger partial charge is 0.202 e. The van der Waals surface area contributed by atoms with Gasteiger partial charge in [0, 0.05) is 23.5 Å². The molecule has 0 bridgehead atoms. The van der Waals surface area contributed by atoms with E-state index in [0.29, 0.717) is 12.0 Å². The third-order valence-electron chi connectivity index (χ3n) is 2.37. The van der Waals surface area contributed by atoms with Crippen LogP contribution in [0.5, 0.6) is 0 Å². The molecule has 1 fully saturated rings. The molecule has 1 aromatic rings. The summed E-state index contributed by atoms with van der Waals surface area (Å²) in [5.74, 6) is 1.72. The fraction of sp³-hybridized carbons (Fsp3) is 0.778. The van der Waals surface area contributed by atoms with E-state index in [-0.39, 0.29) is 0 Å². The Labute approximate surface area is 82.8 Å². The maximum Gasteiger partial charge on any atom is 0.202 e. The summed E-state index contributed by atoms with van der Waals surface area (Å²) in [7, 11) is 0. The van der Waals surface area contributed by atoms with E-state index >= 15 is 0 Å². The van der Waals surface area contributed by atoms with Crippen molar-refractivity contribution in [3.8, 4) is 0 Å². The van der Waals surface area contributed by atoms with Crippen LogP contribution in [0.25, 0.3) is 0 Å². The highest BCUT2D eigenvalue weighted by molar-refractivity contribution is 7.09. The fourth-order valence-corrected chi connectivity index (χ4v) is 1.87. The van der Waals surface area contributed by atoms with E-state index in [1.54, 1.807) is 0 Å². The van der Waals surface area contributed by atoms with E-state index in [1.807, 2.05) is 0 Å². The van der Waals surface area contributed by atoms with Crippen LogP contribution in [0, 0.1) is 0 Å². The van der Waals surface area contributed by atoms with Crippen LogP contribution in [-0.4, -0.2) is 15.4 Å². The van der Waals surface area contributed by atoms with Gasteiger partial charge >= 0.3 is 0 Å². The van der Waals surface area contributed by atoms with Gasteiger partial charge in [0.15, 0.2) is 0 Å². The number of aromatic nitrogens is 2. The van der Waals surface area contributed by atoms with Crippen molar-refractivity contribution in [1.29, 1.82) is 0 Å². The Balaban J connectivity index is 1.96. The highest BCUT2D eigenvalue weighted by Crippen LogP contribution is 2.39. The van der Waals surface area contributed by atoms with Crippen molar-refractivity contribution >= 4 is 16.7 Å². The molecule has 0 aliphatic heterocycles. The molecule has 1 unspecified atom stereocenters. The molecule has 0 amide bonds. The van der Waals surface area contributed by atoms with Crippen molar-refractivity contribution < 1.29 is 0 Å². The topological polar surface area (TPSA) is 37.8 Å². The normalized spacial score (nSPS) is 18.6. The number of anilines is 1. The summed E-state index contributed by atoms with van der Waals surface area (Å²) in [6, 6.07) is 0.500. The average molecular weight is 197 g/mol. The monoisotopic (exact) mass is 197 g/mol. The van der Waals surface area contributed by atoms with Gasteiger partial charge in [-0.15, -0.1) is 0 Å².